The third-order valence-corrected chi connectivity index (χ3v) is 3.83. The highest BCUT2D eigenvalue weighted by atomic mass is 19.1. The first kappa shape index (κ1) is 20.3. The van der Waals surface area contributed by atoms with Gasteiger partial charge in [0, 0.05) is 37.4 Å². The monoisotopic (exact) mass is 378 g/mol. The van der Waals surface area contributed by atoms with Gasteiger partial charge in [-0.15, -0.1) is 0 Å². The van der Waals surface area contributed by atoms with E-state index in [1.54, 1.807) is 19.2 Å². The number of hydrogen-bond donors (Lipinski definition) is 2. The van der Waals surface area contributed by atoms with E-state index in [0.717, 1.165) is 11.6 Å². The van der Waals surface area contributed by atoms with Crippen LogP contribution in [-0.4, -0.2) is 40.5 Å². The third kappa shape index (κ3) is 5.24. The molecule has 0 heterocycles. The van der Waals surface area contributed by atoms with Gasteiger partial charge in [-0.3, -0.25) is 4.79 Å². The summed E-state index contributed by atoms with van der Waals surface area (Å²) in [6.45, 7) is 0.872. The Balaban J connectivity index is 2.27. The number of ether oxygens (including phenoxy) is 4. The lowest BCUT2D eigenvalue weighted by atomic mass is 10.1. The Labute approximate surface area is 157 Å². The lowest BCUT2D eigenvalue weighted by Crippen LogP contribution is -2.17. The molecule has 0 saturated carbocycles. The van der Waals surface area contributed by atoms with Crippen LogP contribution in [0, 0.1) is 5.82 Å². The molecule has 0 aromatic heterocycles. The fourth-order valence-corrected chi connectivity index (χ4v) is 2.49. The fourth-order valence-electron chi connectivity index (χ4n) is 2.49. The molecule has 0 bridgehead atoms. The number of nitrogens with two attached hydrogens (primary N) is 1. The third-order valence-electron chi connectivity index (χ3n) is 3.83. The van der Waals surface area contributed by atoms with Crippen LogP contribution in [0.5, 0.6) is 17.2 Å². The van der Waals surface area contributed by atoms with Gasteiger partial charge in [-0.1, -0.05) is 0 Å². The summed E-state index contributed by atoms with van der Waals surface area (Å²) in [7, 11) is 4.64. The van der Waals surface area contributed by atoms with E-state index in [4.69, 9.17) is 24.7 Å². The summed E-state index contributed by atoms with van der Waals surface area (Å²) in [5.74, 6) is -0.135. The van der Waals surface area contributed by atoms with Gasteiger partial charge >= 0.3 is 0 Å². The van der Waals surface area contributed by atoms with Crippen LogP contribution in [0.3, 0.4) is 0 Å². The van der Waals surface area contributed by atoms with E-state index in [2.05, 4.69) is 5.32 Å². The highest BCUT2D eigenvalue weighted by Gasteiger charge is 2.17. The highest BCUT2D eigenvalue weighted by molar-refractivity contribution is 5.99. The lowest BCUT2D eigenvalue weighted by molar-refractivity contribution is 0.0997. The Morgan fingerprint density at radius 2 is 1.85 bits per heavy atom. The van der Waals surface area contributed by atoms with Crippen LogP contribution in [-0.2, 0) is 11.3 Å². The lowest BCUT2D eigenvalue weighted by Gasteiger charge is -2.15. The van der Waals surface area contributed by atoms with Crippen LogP contribution < -0.4 is 25.3 Å². The number of hydrogen-bond acceptors (Lipinski definition) is 6. The van der Waals surface area contributed by atoms with Gasteiger partial charge in [-0.2, -0.15) is 0 Å². The van der Waals surface area contributed by atoms with Crippen molar-refractivity contribution >= 4 is 11.6 Å². The van der Waals surface area contributed by atoms with Crippen molar-refractivity contribution in [3.8, 4) is 17.2 Å². The van der Waals surface area contributed by atoms with Gasteiger partial charge in [-0.05, 0) is 12.1 Å². The molecular weight excluding hydrogens is 355 g/mol. The Bertz CT molecular complexity index is 798. The summed E-state index contributed by atoms with van der Waals surface area (Å²) in [6.07, 6.45) is 0. The first-order chi connectivity index (χ1) is 13.0. The van der Waals surface area contributed by atoms with E-state index in [0.29, 0.717) is 18.1 Å². The van der Waals surface area contributed by atoms with Crippen LogP contribution >= 0.6 is 0 Å². The van der Waals surface area contributed by atoms with Gasteiger partial charge < -0.3 is 30.0 Å². The maximum absolute atomic E-state index is 14.3. The number of benzene rings is 2. The van der Waals surface area contributed by atoms with Gasteiger partial charge in [0.25, 0.3) is 5.91 Å². The molecule has 0 aliphatic carbocycles. The molecule has 3 N–H and O–H groups in total. The second kappa shape index (κ2) is 9.63. The molecule has 0 aliphatic heterocycles. The molecule has 0 fully saturated rings. The van der Waals surface area contributed by atoms with E-state index in [-0.39, 0.29) is 30.2 Å². The van der Waals surface area contributed by atoms with Crippen molar-refractivity contribution in [2.75, 3.05) is 39.9 Å². The average Bonchev–Trinajstić information content (AvgIpc) is 2.65. The number of anilines is 1. The van der Waals surface area contributed by atoms with E-state index >= 15 is 0 Å². The number of rotatable bonds is 10. The molecule has 0 radical (unpaired) electrons. The fraction of sp³-hybridized carbons (Fsp3) is 0.316. The topological polar surface area (TPSA) is 92.0 Å². The van der Waals surface area contributed by atoms with Crippen LogP contribution in [0.1, 0.15) is 15.9 Å². The minimum atomic E-state index is -0.875. The van der Waals surface area contributed by atoms with Crippen molar-refractivity contribution < 1.29 is 28.1 Å². The molecule has 2 aromatic rings. The summed E-state index contributed by atoms with van der Waals surface area (Å²) >= 11 is 0. The molecule has 1 amide bonds. The molecule has 7 nitrogen and oxygen atoms in total. The molecule has 2 rings (SSSR count). The van der Waals surface area contributed by atoms with Crippen molar-refractivity contribution in [1.29, 1.82) is 0 Å². The zero-order chi connectivity index (χ0) is 19.8. The number of halogens is 1. The zero-order valence-electron chi connectivity index (χ0n) is 15.5. The summed E-state index contributed by atoms with van der Waals surface area (Å²) in [4.78, 5) is 11.7. The maximum Gasteiger partial charge on any atom is 0.253 e. The number of amides is 1. The van der Waals surface area contributed by atoms with Crippen molar-refractivity contribution in [2.45, 2.75) is 6.54 Å². The number of methoxy groups -OCH3 is 3. The highest BCUT2D eigenvalue weighted by Crippen LogP contribution is 2.29. The quantitative estimate of drug-likeness (QED) is 0.618. The number of carbonyl (C=O) groups is 1. The van der Waals surface area contributed by atoms with Gasteiger partial charge in [0.2, 0.25) is 0 Å². The predicted molar refractivity (Wildman–Crippen MR) is 99.2 cm³/mol. The molecule has 8 heteroatoms. The van der Waals surface area contributed by atoms with Gasteiger partial charge in [0.1, 0.15) is 29.7 Å². The summed E-state index contributed by atoms with van der Waals surface area (Å²) in [5.41, 5.74) is 6.12. The minimum absolute atomic E-state index is 0.229. The van der Waals surface area contributed by atoms with Crippen LogP contribution in [0.15, 0.2) is 30.3 Å². The predicted octanol–water partition coefficient (Wildman–Crippen LogP) is 2.58. The van der Waals surface area contributed by atoms with E-state index in [9.17, 15) is 9.18 Å². The SMILES string of the molecule is COCCOc1cc(F)c(C(N)=O)c(NCc2ccc(OC)cc2OC)c1. The Hall–Kier alpha value is -3.00. The van der Waals surface area contributed by atoms with E-state index < -0.39 is 11.7 Å². The van der Waals surface area contributed by atoms with Crippen LogP contribution in [0.4, 0.5) is 10.1 Å². The minimum Gasteiger partial charge on any atom is -0.497 e. The molecule has 146 valence electrons. The number of primary amides is 1. The molecular formula is C19H23FN2O5. The van der Waals surface area contributed by atoms with Crippen molar-refractivity contribution in [1.82, 2.24) is 0 Å². The molecule has 0 unspecified atom stereocenters. The van der Waals surface area contributed by atoms with Crippen molar-refractivity contribution in [3.05, 3.63) is 47.3 Å². The van der Waals surface area contributed by atoms with Crippen LogP contribution in [0.2, 0.25) is 0 Å². The molecule has 27 heavy (non-hydrogen) atoms. The Morgan fingerprint density at radius 3 is 2.48 bits per heavy atom. The van der Waals surface area contributed by atoms with Gasteiger partial charge in [0.15, 0.2) is 0 Å². The second-order valence-corrected chi connectivity index (χ2v) is 5.56. The standard InChI is InChI=1S/C19H23FN2O5/c1-24-6-7-27-14-8-15(20)18(19(21)23)16(9-14)22-11-12-4-5-13(25-2)10-17(12)26-3/h4-5,8-10,22H,6-7,11H2,1-3H3,(H2,21,23). The van der Waals surface area contributed by atoms with E-state index in [1.807, 2.05) is 6.07 Å². The van der Waals surface area contributed by atoms with Crippen LogP contribution in [0.25, 0.3) is 0 Å². The number of carbonyl (C=O) groups excluding carboxylic acids is 1. The van der Waals surface area contributed by atoms with Gasteiger partial charge in [0.05, 0.1) is 32.1 Å². The Morgan fingerprint density at radius 1 is 1.07 bits per heavy atom. The molecule has 0 atom stereocenters. The smallest absolute Gasteiger partial charge is 0.253 e. The summed E-state index contributed by atoms with van der Waals surface area (Å²) in [5, 5.41) is 3.02. The summed E-state index contributed by atoms with van der Waals surface area (Å²) < 4.78 is 35.2. The normalized spacial score (nSPS) is 10.4. The van der Waals surface area contributed by atoms with Crippen molar-refractivity contribution in [2.24, 2.45) is 5.73 Å². The zero-order valence-corrected chi connectivity index (χ0v) is 15.5. The maximum atomic E-state index is 14.3. The summed E-state index contributed by atoms with van der Waals surface area (Å²) in [6, 6.07) is 7.96. The van der Waals surface area contributed by atoms with Gasteiger partial charge in [-0.25, -0.2) is 4.39 Å². The Kier molecular flexibility index (Phi) is 7.25. The number of nitrogens with one attached hydrogen (secondary N) is 1. The average molecular weight is 378 g/mol. The first-order valence-corrected chi connectivity index (χ1v) is 8.20. The largest absolute Gasteiger partial charge is 0.497 e. The molecule has 0 spiro atoms. The molecule has 2 aromatic carbocycles. The molecule has 0 saturated heterocycles. The second-order valence-electron chi connectivity index (χ2n) is 5.56. The molecule has 0 aliphatic rings. The van der Waals surface area contributed by atoms with Crippen molar-refractivity contribution in [3.63, 3.8) is 0 Å². The van der Waals surface area contributed by atoms with E-state index in [1.165, 1.54) is 20.3 Å². The first-order valence-electron chi connectivity index (χ1n) is 8.20.